The summed E-state index contributed by atoms with van der Waals surface area (Å²) in [4.78, 5) is 16.7. The SMILES string of the molecule is Cc1ccc(C(C)NC(=O)c2cc(-c3ccc(O)cc3)n[nH]2)nc1. The number of pyridine rings is 1. The maximum Gasteiger partial charge on any atom is 0.269 e. The highest BCUT2D eigenvalue weighted by Crippen LogP contribution is 2.20. The van der Waals surface area contributed by atoms with Crippen LogP contribution >= 0.6 is 0 Å². The first kappa shape index (κ1) is 15.7. The van der Waals surface area contributed by atoms with Gasteiger partial charge in [0, 0.05) is 11.8 Å². The molecule has 2 aromatic heterocycles. The van der Waals surface area contributed by atoms with Gasteiger partial charge in [0.2, 0.25) is 0 Å². The van der Waals surface area contributed by atoms with Crippen molar-refractivity contribution in [3.63, 3.8) is 0 Å². The van der Waals surface area contributed by atoms with E-state index in [2.05, 4.69) is 20.5 Å². The summed E-state index contributed by atoms with van der Waals surface area (Å²) in [5.41, 5.74) is 3.70. The number of aromatic hydroxyl groups is 1. The molecule has 0 radical (unpaired) electrons. The van der Waals surface area contributed by atoms with Crippen molar-refractivity contribution in [2.45, 2.75) is 19.9 Å². The number of carbonyl (C=O) groups excluding carboxylic acids is 1. The molecule has 1 amide bonds. The summed E-state index contributed by atoms with van der Waals surface area (Å²) in [5.74, 6) is -0.0610. The molecule has 6 nitrogen and oxygen atoms in total. The van der Waals surface area contributed by atoms with E-state index in [0.29, 0.717) is 11.4 Å². The van der Waals surface area contributed by atoms with E-state index in [1.54, 1.807) is 36.5 Å². The number of amides is 1. The van der Waals surface area contributed by atoms with Gasteiger partial charge in [0.1, 0.15) is 11.4 Å². The number of aromatic nitrogens is 3. The van der Waals surface area contributed by atoms with Crippen LogP contribution in [-0.4, -0.2) is 26.2 Å². The minimum absolute atomic E-state index is 0.187. The van der Waals surface area contributed by atoms with Crippen molar-refractivity contribution in [3.8, 4) is 17.0 Å². The Kier molecular flexibility index (Phi) is 4.29. The Morgan fingerprint density at radius 1 is 1.21 bits per heavy atom. The predicted molar refractivity (Wildman–Crippen MR) is 90.5 cm³/mol. The first-order valence-electron chi connectivity index (χ1n) is 7.61. The summed E-state index contributed by atoms with van der Waals surface area (Å²) in [6.45, 7) is 3.85. The van der Waals surface area contributed by atoms with Crippen LogP contribution in [-0.2, 0) is 0 Å². The van der Waals surface area contributed by atoms with Gasteiger partial charge in [-0.25, -0.2) is 0 Å². The third-order valence-corrected chi connectivity index (χ3v) is 3.71. The second kappa shape index (κ2) is 6.54. The van der Waals surface area contributed by atoms with E-state index in [9.17, 15) is 9.90 Å². The van der Waals surface area contributed by atoms with E-state index in [1.165, 1.54) is 0 Å². The number of rotatable bonds is 4. The third kappa shape index (κ3) is 3.43. The molecule has 3 aromatic rings. The zero-order chi connectivity index (χ0) is 17.1. The van der Waals surface area contributed by atoms with Gasteiger partial charge in [-0.1, -0.05) is 6.07 Å². The summed E-state index contributed by atoms with van der Waals surface area (Å²) >= 11 is 0. The van der Waals surface area contributed by atoms with Gasteiger partial charge >= 0.3 is 0 Å². The van der Waals surface area contributed by atoms with Gasteiger partial charge < -0.3 is 10.4 Å². The number of aromatic amines is 1. The fourth-order valence-corrected chi connectivity index (χ4v) is 2.30. The van der Waals surface area contributed by atoms with Crippen LogP contribution in [0.5, 0.6) is 5.75 Å². The minimum atomic E-state index is -0.248. The van der Waals surface area contributed by atoms with Gasteiger partial charge in [0.15, 0.2) is 0 Å². The van der Waals surface area contributed by atoms with Crippen molar-refractivity contribution >= 4 is 5.91 Å². The number of phenolic OH excluding ortho intramolecular Hbond substituents is 1. The number of carbonyl (C=O) groups is 1. The second-order valence-corrected chi connectivity index (χ2v) is 5.67. The van der Waals surface area contributed by atoms with Crippen LogP contribution in [0.2, 0.25) is 0 Å². The maximum atomic E-state index is 12.3. The van der Waals surface area contributed by atoms with Gasteiger partial charge in [-0.05, 0) is 55.8 Å². The number of nitrogens with one attached hydrogen (secondary N) is 2. The molecule has 1 atom stereocenters. The van der Waals surface area contributed by atoms with E-state index in [0.717, 1.165) is 16.8 Å². The molecule has 6 heteroatoms. The molecule has 0 aliphatic rings. The number of hydrogen-bond acceptors (Lipinski definition) is 4. The molecule has 3 rings (SSSR count). The van der Waals surface area contributed by atoms with Crippen LogP contribution in [0, 0.1) is 6.92 Å². The molecule has 2 heterocycles. The number of aryl methyl sites for hydroxylation is 1. The summed E-state index contributed by atoms with van der Waals surface area (Å²) in [6.07, 6.45) is 1.77. The van der Waals surface area contributed by atoms with Crippen molar-refractivity contribution < 1.29 is 9.90 Å². The highest BCUT2D eigenvalue weighted by Gasteiger charge is 2.15. The molecule has 122 valence electrons. The van der Waals surface area contributed by atoms with Crippen molar-refractivity contribution in [3.05, 3.63) is 65.6 Å². The molecule has 1 aromatic carbocycles. The van der Waals surface area contributed by atoms with E-state index < -0.39 is 0 Å². The molecular formula is C18H18N4O2. The Bertz CT molecular complexity index is 838. The normalized spacial score (nSPS) is 11.9. The van der Waals surface area contributed by atoms with Crippen LogP contribution < -0.4 is 5.32 Å². The molecule has 1 unspecified atom stereocenters. The molecule has 0 bridgehead atoms. The monoisotopic (exact) mass is 322 g/mol. The quantitative estimate of drug-likeness (QED) is 0.688. The Labute approximate surface area is 139 Å². The number of hydrogen-bond donors (Lipinski definition) is 3. The molecule has 0 saturated heterocycles. The summed E-state index contributed by atoms with van der Waals surface area (Å²) in [6, 6.07) is 12.0. The maximum absolute atomic E-state index is 12.3. The molecular weight excluding hydrogens is 304 g/mol. The smallest absolute Gasteiger partial charge is 0.269 e. The highest BCUT2D eigenvalue weighted by molar-refractivity contribution is 5.93. The molecule has 0 aliphatic carbocycles. The predicted octanol–water partition coefficient (Wildman–Crippen LogP) is 2.98. The van der Waals surface area contributed by atoms with E-state index in [1.807, 2.05) is 26.0 Å². The lowest BCUT2D eigenvalue weighted by atomic mass is 10.1. The fraction of sp³-hybridized carbons (Fsp3) is 0.167. The van der Waals surface area contributed by atoms with Crippen LogP contribution in [0.4, 0.5) is 0 Å². The average Bonchev–Trinajstić information content (AvgIpc) is 3.06. The van der Waals surface area contributed by atoms with E-state index in [4.69, 9.17) is 0 Å². The number of nitrogens with zero attached hydrogens (tertiary/aromatic N) is 2. The Balaban J connectivity index is 1.71. The zero-order valence-electron chi connectivity index (χ0n) is 13.4. The summed E-state index contributed by atoms with van der Waals surface area (Å²) in [5, 5.41) is 19.1. The largest absolute Gasteiger partial charge is 0.508 e. The Morgan fingerprint density at radius 2 is 1.96 bits per heavy atom. The highest BCUT2D eigenvalue weighted by atomic mass is 16.3. The number of benzene rings is 1. The average molecular weight is 322 g/mol. The minimum Gasteiger partial charge on any atom is -0.508 e. The Hall–Kier alpha value is -3.15. The van der Waals surface area contributed by atoms with Crippen molar-refractivity contribution in [2.75, 3.05) is 0 Å². The molecule has 3 N–H and O–H groups in total. The van der Waals surface area contributed by atoms with Crippen LogP contribution in [0.1, 0.15) is 34.7 Å². The van der Waals surface area contributed by atoms with E-state index >= 15 is 0 Å². The van der Waals surface area contributed by atoms with Gasteiger partial charge in [-0.15, -0.1) is 0 Å². The van der Waals surface area contributed by atoms with Crippen LogP contribution in [0.25, 0.3) is 11.3 Å². The van der Waals surface area contributed by atoms with Gasteiger partial charge in [0.25, 0.3) is 5.91 Å². The molecule has 24 heavy (non-hydrogen) atoms. The van der Waals surface area contributed by atoms with Gasteiger partial charge in [-0.2, -0.15) is 5.10 Å². The third-order valence-electron chi connectivity index (χ3n) is 3.71. The number of phenols is 1. The Morgan fingerprint density at radius 3 is 2.62 bits per heavy atom. The first-order chi connectivity index (χ1) is 11.5. The topological polar surface area (TPSA) is 90.9 Å². The molecule has 0 spiro atoms. The zero-order valence-corrected chi connectivity index (χ0v) is 13.4. The second-order valence-electron chi connectivity index (χ2n) is 5.67. The molecule has 0 saturated carbocycles. The lowest BCUT2D eigenvalue weighted by Crippen LogP contribution is -2.27. The summed E-state index contributed by atoms with van der Waals surface area (Å²) < 4.78 is 0. The van der Waals surface area contributed by atoms with Crippen LogP contribution in [0.15, 0.2) is 48.7 Å². The first-order valence-corrected chi connectivity index (χ1v) is 7.61. The number of H-pyrrole nitrogens is 1. The standard InChI is InChI=1S/C18H18N4O2/c1-11-3-8-15(19-10-11)12(2)20-18(24)17-9-16(21-22-17)13-4-6-14(23)7-5-13/h3-10,12,23H,1-2H3,(H,20,24)(H,21,22). The van der Waals surface area contributed by atoms with E-state index in [-0.39, 0.29) is 17.7 Å². The van der Waals surface area contributed by atoms with Crippen molar-refractivity contribution in [2.24, 2.45) is 0 Å². The van der Waals surface area contributed by atoms with Crippen LogP contribution in [0.3, 0.4) is 0 Å². The summed E-state index contributed by atoms with van der Waals surface area (Å²) in [7, 11) is 0. The molecule has 0 fully saturated rings. The lowest BCUT2D eigenvalue weighted by Gasteiger charge is -2.12. The van der Waals surface area contributed by atoms with Gasteiger partial charge in [-0.3, -0.25) is 14.9 Å². The lowest BCUT2D eigenvalue weighted by molar-refractivity contribution is 0.0934. The fourth-order valence-electron chi connectivity index (χ4n) is 2.30. The van der Waals surface area contributed by atoms with Crippen molar-refractivity contribution in [1.82, 2.24) is 20.5 Å². The van der Waals surface area contributed by atoms with Crippen molar-refractivity contribution in [1.29, 1.82) is 0 Å². The molecule has 0 aliphatic heterocycles. The van der Waals surface area contributed by atoms with Gasteiger partial charge in [0.05, 0.1) is 17.4 Å².